The smallest absolute Gasteiger partial charge is 0.127 e. The fourth-order valence-corrected chi connectivity index (χ4v) is 1.95. The summed E-state index contributed by atoms with van der Waals surface area (Å²) in [6.07, 6.45) is 2.26. The van der Waals surface area contributed by atoms with Crippen molar-refractivity contribution < 1.29 is 9.47 Å². The topological polar surface area (TPSA) is 30.5 Å². The minimum Gasteiger partial charge on any atom is -0.497 e. The molecule has 1 N–H and O–H groups in total. The predicted octanol–water partition coefficient (Wildman–Crippen LogP) is 4.18. The highest BCUT2D eigenvalue weighted by molar-refractivity contribution is 5.42. The van der Waals surface area contributed by atoms with E-state index in [1.807, 2.05) is 12.1 Å². The van der Waals surface area contributed by atoms with E-state index in [2.05, 4.69) is 39.1 Å². The first-order valence-corrected chi connectivity index (χ1v) is 7.66. The van der Waals surface area contributed by atoms with Gasteiger partial charge >= 0.3 is 0 Å². The van der Waals surface area contributed by atoms with E-state index in [1.54, 1.807) is 7.11 Å². The second-order valence-electron chi connectivity index (χ2n) is 5.40. The number of hydrogen-bond acceptors (Lipinski definition) is 3. The van der Waals surface area contributed by atoms with Crippen molar-refractivity contribution in [1.29, 1.82) is 0 Å². The molecule has 0 fully saturated rings. The van der Waals surface area contributed by atoms with Crippen molar-refractivity contribution in [2.75, 3.05) is 20.3 Å². The molecule has 0 saturated carbocycles. The van der Waals surface area contributed by atoms with Crippen LogP contribution in [0.2, 0.25) is 0 Å². The highest BCUT2D eigenvalue weighted by Gasteiger charge is 2.13. The maximum absolute atomic E-state index is 6.01. The maximum atomic E-state index is 6.01. The molecule has 0 bridgehead atoms. The lowest BCUT2D eigenvalue weighted by Gasteiger charge is -2.20. The maximum Gasteiger partial charge on any atom is 0.127 e. The van der Waals surface area contributed by atoms with E-state index in [0.29, 0.717) is 5.92 Å². The summed E-state index contributed by atoms with van der Waals surface area (Å²) >= 11 is 0. The zero-order valence-electron chi connectivity index (χ0n) is 13.5. The van der Waals surface area contributed by atoms with Crippen molar-refractivity contribution in [2.45, 2.75) is 46.6 Å². The molecule has 0 aliphatic rings. The van der Waals surface area contributed by atoms with Gasteiger partial charge in [-0.3, -0.25) is 0 Å². The average Bonchev–Trinajstić information content (AvgIpc) is 2.49. The van der Waals surface area contributed by atoms with Crippen LogP contribution in [0, 0.1) is 5.92 Å². The van der Waals surface area contributed by atoms with Gasteiger partial charge in [-0.1, -0.05) is 33.3 Å². The Hall–Kier alpha value is -1.22. The molecule has 0 spiro atoms. The zero-order valence-corrected chi connectivity index (χ0v) is 13.5. The van der Waals surface area contributed by atoms with Gasteiger partial charge in [0.25, 0.3) is 0 Å². The van der Waals surface area contributed by atoms with Gasteiger partial charge in [0.15, 0.2) is 0 Å². The molecule has 0 aliphatic heterocycles. The number of nitrogens with one attached hydrogen (secondary N) is 1. The van der Waals surface area contributed by atoms with Crippen molar-refractivity contribution >= 4 is 0 Å². The normalized spacial score (nSPS) is 13.8. The zero-order chi connectivity index (χ0) is 15.0. The lowest BCUT2D eigenvalue weighted by Crippen LogP contribution is -2.20. The van der Waals surface area contributed by atoms with E-state index in [9.17, 15) is 0 Å². The molecule has 0 aliphatic carbocycles. The molecule has 1 rings (SSSR count). The summed E-state index contributed by atoms with van der Waals surface area (Å²) in [6.45, 7) is 10.5. The van der Waals surface area contributed by atoms with Gasteiger partial charge in [0.2, 0.25) is 0 Å². The highest BCUT2D eigenvalue weighted by Crippen LogP contribution is 2.30. The third-order valence-electron chi connectivity index (χ3n) is 3.61. The Morgan fingerprint density at radius 1 is 1.20 bits per heavy atom. The molecule has 0 aromatic heterocycles. The summed E-state index contributed by atoms with van der Waals surface area (Å²) in [5.41, 5.74) is 1.20. The van der Waals surface area contributed by atoms with Gasteiger partial charge in [0.1, 0.15) is 11.5 Å². The second-order valence-corrected chi connectivity index (χ2v) is 5.40. The molecule has 3 heteroatoms. The fraction of sp³-hybridized carbons (Fsp3) is 0.647. The first-order chi connectivity index (χ1) is 9.62. The molecule has 0 radical (unpaired) electrons. The van der Waals surface area contributed by atoms with Gasteiger partial charge in [-0.05, 0) is 31.9 Å². The molecule has 3 nitrogen and oxygen atoms in total. The Morgan fingerprint density at radius 2 is 1.95 bits per heavy atom. The van der Waals surface area contributed by atoms with Crippen LogP contribution in [0.15, 0.2) is 18.2 Å². The Morgan fingerprint density at radius 3 is 2.55 bits per heavy atom. The third-order valence-corrected chi connectivity index (χ3v) is 3.61. The molecule has 114 valence electrons. The monoisotopic (exact) mass is 279 g/mol. The lowest BCUT2D eigenvalue weighted by molar-refractivity contribution is 0.251. The van der Waals surface area contributed by atoms with Crippen LogP contribution >= 0.6 is 0 Å². The van der Waals surface area contributed by atoms with Crippen LogP contribution in [0.25, 0.3) is 0 Å². The minimum absolute atomic E-state index is 0.285. The van der Waals surface area contributed by atoms with Crippen molar-refractivity contribution in [1.82, 2.24) is 5.32 Å². The first kappa shape index (κ1) is 16.8. The van der Waals surface area contributed by atoms with Crippen molar-refractivity contribution in [3.05, 3.63) is 23.8 Å². The number of ether oxygens (including phenoxy) is 2. The molecule has 0 amide bonds. The fourth-order valence-electron chi connectivity index (χ4n) is 1.95. The second kappa shape index (κ2) is 8.85. The minimum atomic E-state index is 0.285. The molecule has 2 atom stereocenters. The van der Waals surface area contributed by atoms with Crippen molar-refractivity contribution in [3.8, 4) is 11.5 Å². The van der Waals surface area contributed by atoms with Crippen LogP contribution in [0.1, 0.15) is 52.1 Å². The van der Waals surface area contributed by atoms with E-state index in [4.69, 9.17) is 9.47 Å². The molecule has 0 heterocycles. The molecule has 20 heavy (non-hydrogen) atoms. The molecule has 2 unspecified atom stereocenters. The van der Waals surface area contributed by atoms with E-state index in [1.165, 1.54) is 5.56 Å². The third kappa shape index (κ3) is 5.04. The number of rotatable bonds is 9. The Labute approximate surface area is 123 Å². The van der Waals surface area contributed by atoms with Crippen LogP contribution in [-0.4, -0.2) is 20.3 Å². The van der Waals surface area contributed by atoms with Crippen LogP contribution in [0.4, 0.5) is 0 Å². The predicted molar refractivity (Wildman–Crippen MR) is 84.7 cm³/mol. The van der Waals surface area contributed by atoms with E-state index in [0.717, 1.165) is 37.5 Å². The summed E-state index contributed by atoms with van der Waals surface area (Å²) in [4.78, 5) is 0. The Bertz CT molecular complexity index is 393. The summed E-state index contributed by atoms with van der Waals surface area (Å²) in [5.74, 6) is 2.34. The SMILES string of the molecule is CCCNC(C)c1ccc(OC)cc1OCC(C)CC. The van der Waals surface area contributed by atoms with Crippen LogP contribution in [0.5, 0.6) is 11.5 Å². The summed E-state index contributed by atoms with van der Waals surface area (Å²) < 4.78 is 11.3. The van der Waals surface area contributed by atoms with Crippen LogP contribution in [0.3, 0.4) is 0 Å². The Kier molecular flexibility index (Phi) is 7.45. The van der Waals surface area contributed by atoms with Gasteiger partial charge in [-0.2, -0.15) is 0 Å². The van der Waals surface area contributed by atoms with E-state index >= 15 is 0 Å². The molecule has 0 saturated heterocycles. The molecular weight excluding hydrogens is 250 g/mol. The van der Waals surface area contributed by atoms with Crippen LogP contribution < -0.4 is 14.8 Å². The molecule has 1 aromatic rings. The van der Waals surface area contributed by atoms with Crippen LogP contribution in [-0.2, 0) is 0 Å². The average molecular weight is 279 g/mol. The van der Waals surface area contributed by atoms with Gasteiger partial charge in [-0.15, -0.1) is 0 Å². The summed E-state index contributed by atoms with van der Waals surface area (Å²) in [6, 6.07) is 6.36. The summed E-state index contributed by atoms with van der Waals surface area (Å²) in [7, 11) is 1.69. The molecule has 1 aromatic carbocycles. The van der Waals surface area contributed by atoms with Crippen molar-refractivity contribution in [3.63, 3.8) is 0 Å². The first-order valence-electron chi connectivity index (χ1n) is 7.66. The van der Waals surface area contributed by atoms with Gasteiger partial charge < -0.3 is 14.8 Å². The van der Waals surface area contributed by atoms with E-state index < -0.39 is 0 Å². The number of benzene rings is 1. The highest BCUT2D eigenvalue weighted by atomic mass is 16.5. The van der Waals surface area contributed by atoms with Gasteiger partial charge in [-0.25, -0.2) is 0 Å². The largest absolute Gasteiger partial charge is 0.497 e. The standard InChI is InChI=1S/C17H29NO2/c1-6-10-18-14(4)16-9-8-15(19-5)11-17(16)20-12-13(3)7-2/h8-9,11,13-14,18H,6-7,10,12H2,1-5H3. The lowest BCUT2D eigenvalue weighted by atomic mass is 10.1. The number of methoxy groups -OCH3 is 1. The Balaban J connectivity index is 2.85. The number of hydrogen-bond donors (Lipinski definition) is 1. The molecular formula is C17H29NO2. The van der Waals surface area contributed by atoms with Crippen molar-refractivity contribution in [2.24, 2.45) is 5.92 Å². The van der Waals surface area contributed by atoms with E-state index in [-0.39, 0.29) is 6.04 Å². The van der Waals surface area contributed by atoms with Gasteiger partial charge in [0, 0.05) is 17.7 Å². The quantitative estimate of drug-likeness (QED) is 0.735. The summed E-state index contributed by atoms with van der Waals surface area (Å²) in [5, 5.41) is 3.51. The van der Waals surface area contributed by atoms with Gasteiger partial charge in [0.05, 0.1) is 13.7 Å².